The van der Waals surface area contributed by atoms with E-state index in [9.17, 15) is 0 Å². The zero-order chi connectivity index (χ0) is 13.1. The topological polar surface area (TPSA) is 28.2 Å². The van der Waals surface area contributed by atoms with E-state index in [2.05, 4.69) is 45.8 Å². The molecule has 0 aliphatic carbocycles. The maximum Gasteiger partial charge on any atom is 0.0795 e. The molecule has 0 amide bonds. The molecule has 1 aromatic heterocycles. The van der Waals surface area contributed by atoms with Crippen LogP contribution in [0.1, 0.15) is 23.2 Å². The second kappa shape index (κ2) is 5.72. The minimum Gasteiger partial charge on any atom is -0.385 e. The fourth-order valence-electron chi connectivity index (χ4n) is 2.59. The largest absolute Gasteiger partial charge is 0.385 e. The average Bonchev–Trinajstić information content (AvgIpc) is 2.91. The molecule has 100 valence electrons. The van der Waals surface area contributed by atoms with Crippen LogP contribution in [0.2, 0.25) is 0 Å². The third-order valence-electron chi connectivity index (χ3n) is 3.48. The van der Waals surface area contributed by atoms with Crippen LogP contribution in [-0.4, -0.2) is 23.5 Å². The third-order valence-corrected chi connectivity index (χ3v) is 4.11. The highest BCUT2D eigenvalue weighted by Crippen LogP contribution is 2.23. The number of benzene rings is 1. The van der Waals surface area contributed by atoms with Crippen LogP contribution < -0.4 is 5.32 Å². The molecule has 0 spiro atoms. The maximum absolute atomic E-state index is 4.33. The van der Waals surface area contributed by atoms with Gasteiger partial charge in [-0.2, -0.15) is 0 Å². The fourth-order valence-corrected chi connectivity index (χ4v) is 3.14. The summed E-state index contributed by atoms with van der Waals surface area (Å²) in [6, 6.07) is 6.80. The van der Waals surface area contributed by atoms with Crippen molar-refractivity contribution in [2.24, 2.45) is 0 Å². The highest BCUT2D eigenvalue weighted by Gasteiger charge is 2.10. The number of nitrogens with one attached hydrogen (secondary N) is 1. The summed E-state index contributed by atoms with van der Waals surface area (Å²) in [6.45, 7) is 3.00. The van der Waals surface area contributed by atoms with Crippen LogP contribution in [0.3, 0.4) is 0 Å². The minimum atomic E-state index is 0.916. The summed E-state index contributed by atoms with van der Waals surface area (Å²) in [7, 11) is 2.15. The highest BCUT2D eigenvalue weighted by molar-refractivity contribution is 7.07. The van der Waals surface area contributed by atoms with Gasteiger partial charge < -0.3 is 5.32 Å². The van der Waals surface area contributed by atoms with Crippen molar-refractivity contribution in [1.29, 1.82) is 0 Å². The van der Waals surface area contributed by atoms with Crippen LogP contribution in [-0.2, 0) is 19.5 Å². The fraction of sp³-hybridized carbons (Fsp3) is 0.400. The van der Waals surface area contributed by atoms with Gasteiger partial charge in [0.25, 0.3) is 0 Å². The Morgan fingerprint density at radius 3 is 3.16 bits per heavy atom. The Morgan fingerprint density at radius 1 is 1.37 bits per heavy atom. The summed E-state index contributed by atoms with van der Waals surface area (Å²) in [5, 5.41) is 5.58. The van der Waals surface area contributed by atoms with Crippen LogP contribution >= 0.6 is 11.3 Å². The summed E-state index contributed by atoms with van der Waals surface area (Å²) in [5.74, 6) is 0. The lowest BCUT2D eigenvalue weighted by atomic mass is 10.0. The standard InChI is InChI=1S/C15H19N3S/c1-18(9-14-10-19-11-17-14)8-12-4-5-15-13(7-12)3-2-6-16-15/h4-5,7,10-11,16H,2-3,6,8-9H2,1H3. The Balaban J connectivity index is 1.66. The molecular formula is C15H19N3S. The van der Waals surface area contributed by atoms with E-state index in [4.69, 9.17) is 0 Å². The zero-order valence-electron chi connectivity index (χ0n) is 11.2. The van der Waals surface area contributed by atoms with E-state index < -0.39 is 0 Å². The van der Waals surface area contributed by atoms with Gasteiger partial charge in [0.05, 0.1) is 11.2 Å². The Labute approximate surface area is 118 Å². The van der Waals surface area contributed by atoms with Crippen LogP contribution in [0.4, 0.5) is 5.69 Å². The van der Waals surface area contributed by atoms with Crippen molar-refractivity contribution in [2.45, 2.75) is 25.9 Å². The summed E-state index contributed by atoms with van der Waals surface area (Å²) in [6.07, 6.45) is 2.44. The van der Waals surface area contributed by atoms with Gasteiger partial charge in [0.1, 0.15) is 0 Å². The van der Waals surface area contributed by atoms with E-state index in [1.807, 2.05) is 5.51 Å². The lowest BCUT2D eigenvalue weighted by Gasteiger charge is -2.20. The van der Waals surface area contributed by atoms with Crippen molar-refractivity contribution < 1.29 is 0 Å². The number of hydrogen-bond donors (Lipinski definition) is 1. The number of aryl methyl sites for hydroxylation is 1. The molecule has 1 aliphatic heterocycles. The smallest absolute Gasteiger partial charge is 0.0795 e. The Bertz CT molecular complexity index is 536. The van der Waals surface area contributed by atoms with E-state index in [-0.39, 0.29) is 0 Å². The SMILES string of the molecule is CN(Cc1ccc2c(c1)CCCN2)Cc1cscn1. The van der Waals surface area contributed by atoms with Gasteiger partial charge in [0.2, 0.25) is 0 Å². The third kappa shape index (κ3) is 3.14. The molecule has 0 bridgehead atoms. The average molecular weight is 273 g/mol. The number of fused-ring (bicyclic) bond motifs is 1. The van der Waals surface area contributed by atoms with Crippen molar-refractivity contribution >= 4 is 17.0 Å². The predicted molar refractivity (Wildman–Crippen MR) is 80.5 cm³/mol. The van der Waals surface area contributed by atoms with Crippen molar-refractivity contribution in [2.75, 3.05) is 18.9 Å². The molecule has 2 aromatic rings. The van der Waals surface area contributed by atoms with E-state index in [1.54, 1.807) is 11.3 Å². The predicted octanol–water partition coefficient (Wildman–Crippen LogP) is 3.13. The van der Waals surface area contributed by atoms with Gasteiger partial charge in [0, 0.05) is 30.7 Å². The van der Waals surface area contributed by atoms with Gasteiger partial charge in [-0.05, 0) is 37.1 Å². The lowest BCUT2D eigenvalue weighted by Crippen LogP contribution is -2.18. The monoisotopic (exact) mass is 273 g/mol. The minimum absolute atomic E-state index is 0.916. The van der Waals surface area contributed by atoms with Crippen LogP contribution in [0.5, 0.6) is 0 Å². The molecule has 3 nitrogen and oxygen atoms in total. The van der Waals surface area contributed by atoms with Gasteiger partial charge >= 0.3 is 0 Å². The van der Waals surface area contributed by atoms with Gasteiger partial charge in [-0.3, -0.25) is 4.90 Å². The van der Waals surface area contributed by atoms with Crippen LogP contribution in [0.15, 0.2) is 29.1 Å². The number of thiazole rings is 1. The van der Waals surface area contributed by atoms with Gasteiger partial charge in [-0.25, -0.2) is 4.98 Å². The second-order valence-corrected chi connectivity index (χ2v) is 5.89. The summed E-state index contributed by atoms with van der Waals surface area (Å²) < 4.78 is 0. The van der Waals surface area contributed by atoms with Crippen LogP contribution in [0, 0.1) is 0 Å². The quantitative estimate of drug-likeness (QED) is 0.927. The first-order valence-electron chi connectivity index (χ1n) is 6.72. The summed E-state index contributed by atoms with van der Waals surface area (Å²) in [5.41, 5.74) is 7.23. The molecule has 0 radical (unpaired) electrons. The molecule has 4 heteroatoms. The van der Waals surface area contributed by atoms with Crippen molar-refractivity contribution in [3.63, 3.8) is 0 Å². The van der Waals surface area contributed by atoms with E-state index >= 15 is 0 Å². The van der Waals surface area contributed by atoms with Crippen molar-refractivity contribution in [3.8, 4) is 0 Å². The molecule has 2 heterocycles. The van der Waals surface area contributed by atoms with E-state index in [0.29, 0.717) is 0 Å². The van der Waals surface area contributed by atoms with E-state index in [0.717, 1.165) is 25.3 Å². The molecule has 19 heavy (non-hydrogen) atoms. The molecule has 1 aliphatic rings. The number of hydrogen-bond acceptors (Lipinski definition) is 4. The summed E-state index contributed by atoms with van der Waals surface area (Å²) in [4.78, 5) is 6.65. The Kier molecular flexibility index (Phi) is 3.80. The van der Waals surface area contributed by atoms with Crippen molar-refractivity contribution in [3.05, 3.63) is 45.9 Å². The first kappa shape index (κ1) is 12.6. The Morgan fingerprint density at radius 2 is 2.32 bits per heavy atom. The number of anilines is 1. The lowest BCUT2D eigenvalue weighted by molar-refractivity contribution is 0.315. The zero-order valence-corrected chi connectivity index (χ0v) is 12.0. The number of rotatable bonds is 4. The molecule has 0 fully saturated rings. The molecule has 0 saturated heterocycles. The molecular weight excluding hydrogens is 254 g/mol. The first-order chi connectivity index (χ1) is 9.31. The van der Waals surface area contributed by atoms with Crippen molar-refractivity contribution in [1.82, 2.24) is 9.88 Å². The number of aromatic nitrogens is 1. The van der Waals surface area contributed by atoms with Gasteiger partial charge in [-0.1, -0.05) is 12.1 Å². The number of nitrogens with zero attached hydrogens (tertiary/aromatic N) is 2. The van der Waals surface area contributed by atoms with E-state index in [1.165, 1.54) is 29.7 Å². The van der Waals surface area contributed by atoms with Gasteiger partial charge in [-0.15, -0.1) is 11.3 Å². The van der Waals surface area contributed by atoms with Crippen LogP contribution in [0.25, 0.3) is 0 Å². The van der Waals surface area contributed by atoms with Gasteiger partial charge in [0.15, 0.2) is 0 Å². The maximum atomic E-state index is 4.33. The molecule has 0 unspecified atom stereocenters. The molecule has 1 N–H and O–H groups in total. The molecule has 0 saturated carbocycles. The first-order valence-corrected chi connectivity index (χ1v) is 7.67. The summed E-state index contributed by atoms with van der Waals surface area (Å²) >= 11 is 1.66. The molecule has 0 atom stereocenters. The molecule has 3 rings (SSSR count). The Hall–Kier alpha value is -1.39. The molecule has 1 aromatic carbocycles. The normalized spacial score (nSPS) is 14.2. The second-order valence-electron chi connectivity index (χ2n) is 5.17. The highest BCUT2D eigenvalue weighted by atomic mass is 32.1.